The molecular formula is C50H100N6O2. The zero-order chi connectivity index (χ0) is 42.6. The van der Waals surface area contributed by atoms with Crippen LogP contribution in [0.4, 0.5) is 0 Å². The summed E-state index contributed by atoms with van der Waals surface area (Å²) in [6.07, 6.45) is 49.4. The third-order valence-corrected chi connectivity index (χ3v) is 11.7. The van der Waals surface area contributed by atoms with Crippen LogP contribution in [0.3, 0.4) is 0 Å². The molecule has 342 valence electrons. The summed E-state index contributed by atoms with van der Waals surface area (Å²) in [6, 6.07) is -1.06. The Morgan fingerprint density at radius 2 is 0.655 bits per heavy atom. The zero-order valence-corrected chi connectivity index (χ0v) is 38.8. The first-order chi connectivity index (χ1) is 28.4. The monoisotopic (exact) mass is 817 g/mol. The van der Waals surface area contributed by atoms with E-state index in [4.69, 9.17) is 22.9 Å². The number of unbranched alkanes of at least 4 members (excludes halogenated alkanes) is 26. The highest BCUT2D eigenvalue weighted by Gasteiger charge is 2.24. The molecule has 0 aromatic carbocycles. The predicted octanol–water partition coefficient (Wildman–Crippen LogP) is 11.6. The number of allylic oxidation sites excluding steroid dienone is 4. The third kappa shape index (κ3) is 36.1. The summed E-state index contributed by atoms with van der Waals surface area (Å²) < 4.78 is 0. The molecule has 0 aromatic rings. The largest absolute Gasteiger partial charge is 0.340 e. The SMILES string of the molecule is CCCCCCCC/C=C\CCCCCCCCN(CCN(CCCCCCCC/C=C\CCCCCCCC)C(=O)C(N)CCCCN)C(=O)C(N)CCCCN. The van der Waals surface area contributed by atoms with Crippen molar-refractivity contribution in [2.24, 2.45) is 22.9 Å². The summed E-state index contributed by atoms with van der Waals surface area (Å²) in [6.45, 7) is 8.14. The lowest BCUT2D eigenvalue weighted by molar-refractivity contribution is -0.137. The summed E-state index contributed by atoms with van der Waals surface area (Å²) in [5.74, 6) is 0.00308. The average Bonchev–Trinajstić information content (AvgIpc) is 3.23. The zero-order valence-electron chi connectivity index (χ0n) is 38.8. The van der Waals surface area contributed by atoms with E-state index in [0.29, 0.717) is 52.1 Å². The maximum absolute atomic E-state index is 13.7. The van der Waals surface area contributed by atoms with Gasteiger partial charge in [-0.2, -0.15) is 0 Å². The maximum atomic E-state index is 13.7. The topological polar surface area (TPSA) is 145 Å². The van der Waals surface area contributed by atoms with Crippen molar-refractivity contribution in [2.45, 2.75) is 244 Å². The minimum absolute atomic E-state index is 0.00154. The Hall–Kier alpha value is -1.74. The lowest BCUT2D eigenvalue weighted by Crippen LogP contribution is -2.50. The van der Waals surface area contributed by atoms with Gasteiger partial charge in [0.1, 0.15) is 0 Å². The molecule has 58 heavy (non-hydrogen) atoms. The van der Waals surface area contributed by atoms with Gasteiger partial charge in [0.2, 0.25) is 11.8 Å². The summed E-state index contributed by atoms with van der Waals surface area (Å²) in [7, 11) is 0. The summed E-state index contributed by atoms with van der Waals surface area (Å²) >= 11 is 0. The standard InChI is InChI=1S/C50H100N6O2/c1-3-5-7-9-11-13-15-17-19-21-23-25-27-29-31-37-43-55(49(57)47(53)39-33-35-41-51)45-46-56(50(58)48(54)40-34-36-42-52)44-38-32-30-28-26-24-22-20-18-16-14-12-10-8-6-4-2/h17-20,47-48H,3-16,21-46,51-54H2,1-2H3/b19-17-,20-18-. The maximum Gasteiger partial charge on any atom is 0.239 e. The Kier molecular flexibility index (Phi) is 43.5. The van der Waals surface area contributed by atoms with Gasteiger partial charge in [-0.15, -0.1) is 0 Å². The van der Waals surface area contributed by atoms with Gasteiger partial charge in [-0.25, -0.2) is 0 Å². The lowest BCUT2D eigenvalue weighted by Gasteiger charge is -2.31. The number of carbonyl (C=O) groups is 2. The molecule has 0 fully saturated rings. The van der Waals surface area contributed by atoms with Crippen molar-refractivity contribution in [2.75, 3.05) is 39.3 Å². The Morgan fingerprint density at radius 1 is 0.379 bits per heavy atom. The fourth-order valence-electron chi connectivity index (χ4n) is 7.74. The number of hydrogen-bond donors (Lipinski definition) is 4. The molecule has 2 atom stereocenters. The van der Waals surface area contributed by atoms with Crippen LogP contribution in [-0.2, 0) is 9.59 Å². The molecule has 0 spiro atoms. The van der Waals surface area contributed by atoms with Crippen LogP contribution in [0.5, 0.6) is 0 Å². The molecule has 0 aliphatic rings. The molecule has 0 saturated heterocycles. The second-order valence-corrected chi connectivity index (χ2v) is 17.3. The van der Waals surface area contributed by atoms with Gasteiger partial charge in [0.05, 0.1) is 12.1 Å². The molecule has 8 N–H and O–H groups in total. The van der Waals surface area contributed by atoms with Crippen LogP contribution in [0.25, 0.3) is 0 Å². The van der Waals surface area contributed by atoms with Crippen LogP contribution < -0.4 is 22.9 Å². The molecule has 2 unspecified atom stereocenters. The number of hydrogen-bond acceptors (Lipinski definition) is 6. The molecule has 0 radical (unpaired) electrons. The Labute approximate surface area is 360 Å². The molecule has 8 nitrogen and oxygen atoms in total. The highest BCUT2D eigenvalue weighted by Crippen LogP contribution is 2.14. The van der Waals surface area contributed by atoms with E-state index in [-0.39, 0.29) is 11.8 Å². The number of nitrogens with zero attached hydrogens (tertiary/aromatic N) is 2. The number of carbonyl (C=O) groups excluding carboxylic acids is 2. The van der Waals surface area contributed by atoms with E-state index >= 15 is 0 Å². The van der Waals surface area contributed by atoms with Gasteiger partial charge in [0.15, 0.2) is 0 Å². The van der Waals surface area contributed by atoms with Crippen LogP contribution in [-0.4, -0.2) is 73.0 Å². The smallest absolute Gasteiger partial charge is 0.239 e. The van der Waals surface area contributed by atoms with E-state index in [0.717, 1.165) is 51.4 Å². The van der Waals surface area contributed by atoms with Gasteiger partial charge in [-0.1, -0.05) is 167 Å². The van der Waals surface area contributed by atoms with Crippen LogP contribution in [0.2, 0.25) is 0 Å². The van der Waals surface area contributed by atoms with Crippen LogP contribution >= 0.6 is 0 Å². The predicted molar refractivity (Wildman–Crippen MR) is 254 cm³/mol. The van der Waals surface area contributed by atoms with E-state index in [9.17, 15) is 9.59 Å². The normalized spacial score (nSPS) is 12.9. The number of nitrogens with two attached hydrogens (primary N) is 4. The third-order valence-electron chi connectivity index (χ3n) is 11.7. The Morgan fingerprint density at radius 3 is 0.948 bits per heavy atom. The first kappa shape index (κ1) is 56.3. The van der Waals surface area contributed by atoms with Gasteiger partial charge in [0.25, 0.3) is 0 Å². The fourth-order valence-corrected chi connectivity index (χ4v) is 7.74. The number of amides is 2. The molecule has 0 bridgehead atoms. The molecule has 0 aromatic heterocycles. The Bertz CT molecular complexity index is 869. The first-order valence-corrected chi connectivity index (χ1v) is 25.2. The minimum atomic E-state index is -0.529. The second kappa shape index (κ2) is 44.8. The van der Waals surface area contributed by atoms with Crippen molar-refractivity contribution in [3.8, 4) is 0 Å². The first-order valence-electron chi connectivity index (χ1n) is 25.2. The van der Waals surface area contributed by atoms with E-state index in [2.05, 4.69) is 38.2 Å². The van der Waals surface area contributed by atoms with Gasteiger partial charge in [-0.3, -0.25) is 9.59 Å². The summed E-state index contributed by atoms with van der Waals surface area (Å²) in [4.78, 5) is 31.2. The van der Waals surface area contributed by atoms with Crippen molar-refractivity contribution in [1.82, 2.24) is 9.80 Å². The minimum Gasteiger partial charge on any atom is -0.340 e. The molecule has 8 heteroatoms. The van der Waals surface area contributed by atoms with E-state index in [1.54, 1.807) is 0 Å². The summed E-state index contributed by atoms with van der Waals surface area (Å²) in [5.41, 5.74) is 24.3. The quantitative estimate of drug-likeness (QED) is 0.0356. The summed E-state index contributed by atoms with van der Waals surface area (Å²) in [5, 5.41) is 0. The molecule has 0 aliphatic carbocycles. The van der Waals surface area contributed by atoms with E-state index < -0.39 is 12.1 Å². The van der Waals surface area contributed by atoms with Gasteiger partial charge in [-0.05, 0) is 103 Å². The molecule has 0 saturated carbocycles. The highest BCUT2D eigenvalue weighted by molar-refractivity contribution is 5.82. The van der Waals surface area contributed by atoms with E-state index in [1.807, 2.05) is 9.80 Å². The van der Waals surface area contributed by atoms with Gasteiger partial charge < -0.3 is 32.7 Å². The van der Waals surface area contributed by atoms with Crippen molar-refractivity contribution >= 4 is 11.8 Å². The molecule has 2 amide bonds. The molecule has 0 aliphatic heterocycles. The van der Waals surface area contributed by atoms with Crippen LogP contribution in [0.1, 0.15) is 232 Å². The lowest BCUT2D eigenvalue weighted by atomic mass is 10.1. The second-order valence-electron chi connectivity index (χ2n) is 17.3. The molecule has 0 heterocycles. The van der Waals surface area contributed by atoms with Crippen molar-refractivity contribution in [3.05, 3.63) is 24.3 Å². The van der Waals surface area contributed by atoms with Crippen molar-refractivity contribution < 1.29 is 9.59 Å². The van der Waals surface area contributed by atoms with E-state index in [1.165, 1.54) is 154 Å². The van der Waals surface area contributed by atoms with Gasteiger partial charge in [0, 0.05) is 26.2 Å². The molecule has 0 rings (SSSR count). The van der Waals surface area contributed by atoms with Crippen molar-refractivity contribution in [1.29, 1.82) is 0 Å². The van der Waals surface area contributed by atoms with Crippen molar-refractivity contribution in [3.63, 3.8) is 0 Å². The average molecular weight is 817 g/mol. The Balaban J connectivity index is 4.85. The van der Waals surface area contributed by atoms with Crippen LogP contribution in [0.15, 0.2) is 24.3 Å². The number of rotatable bonds is 45. The van der Waals surface area contributed by atoms with Crippen LogP contribution in [0, 0.1) is 0 Å². The fraction of sp³-hybridized carbons (Fsp3) is 0.880. The highest BCUT2D eigenvalue weighted by atomic mass is 16.2. The van der Waals surface area contributed by atoms with Gasteiger partial charge >= 0.3 is 0 Å². The molecular weight excluding hydrogens is 717 g/mol.